The first-order valence-electron chi connectivity index (χ1n) is 10.4. The van der Waals surface area contributed by atoms with E-state index in [-0.39, 0.29) is 11.6 Å². The van der Waals surface area contributed by atoms with Gasteiger partial charge in [0.25, 0.3) is 0 Å². The smallest absolute Gasteiger partial charge is 0.308 e. The van der Waals surface area contributed by atoms with Crippen molar-refractivity contribution in [3.8, 4) is 11.5 Å². The highest BCUT2D eigenvalue weighted by Gasteiger charge is 2.47. The normalized spacial score (nSPS) is 27.0. The quantitative estimate of drug-likeness (QED) is 0.353. The Morgan fingerprint density at radius 2 is 2.12 bits per heavy atom. The zero-order valence-corrected chi connectivity index (χ0v) is 17.1. The molecule has 3 nitrogen and oxygen atoms in total. The Kier molecular flexibility index (Phi) is 5.64. The predicted octanol–water partition coefficient (Wildman–Crippen LogP) is 6.04. The Labute approximate surface area is 158 Å². The van der Waals surface area contributed by atoms with Gasteiger partial charge in [0, 0.05) is 12.5 Å². The van der Waals surface area contributed by atoms with E-state index in [0.29, 0.717) is 17.8 Å². The number of carbonyl (C=O) groups is 1. The summed E-state index contributed by atoms with van der Waals surface area (Å²) in [7, 11) is 0. The third kappa shape index (κ3) is 3.92. The molecule has 26 heavy (non-hydrogen) atoms. The lowest BCUT2D eigenvalue weighted by Gasteiger charge is -2.49. The van der Waals surface area contributed by atoms with Crippen molar-refractivity contribution in [1.29, 1.82) is 0 Å². The van der Waals surface area contributed by atoms with Gasteiger partial charge in [-0.2, -0.15) is 0 Å². The van der Waals surface area contributed by atoms with Crippen LogP contribution < -0.4 is 9.47 Å². The molecule has 144 valence electrons. The molecule has 1 aromatic carbocycles. The third-order valence-corrected chi connectivity index (χ3v) is 6.25. The molecule has 1 aromatic rings. The SMILES string of the molecule is CCCCCc1cc(OC(C)=O)c2c(c1)O[C@]1(C)CC[C@@H](C(C)C)C2C1. The number of hydrogen-bond acceptors (Lipinski definition) is 3. The number of aryl methyl sites for hydroxylation is 1. The van der Waals surface area contributed by atoms with Crippen LogP contribution in [0.5, 0.6) is 11.5 Å². The molecule has 0 N–H and O–H groups in total. The topological polar surface area (TPSA) is 35.5 Å². The van der Waals surface area contributed by atoms with E-state index in [9.17, 15) is 4.79 Å². The largest absolute Gasteiger partial charge is 0.487 e. The molecule has 1 fully saturated rings. The lowest BCUT2D eigenvalue weighted by atomic mass is 9.64. The van der Waals surface area contributed by atoms with Crippen LogP contribution in [0.3, 0.4) is 0 Å². The van der Waals surface area contributed by atoms with Gasteiger partial charge in [-0.15, -0.1) is 0 Å². The average molecular weight is 359 g/mol. The summed E-state index contributed by atoms with van der Waals surface area (Å²) in [6.07, 6.45) is 7.89. The van der Waals surface area contributed by atoms with Gasteiger partial charge in [0.05, 0.1) is 0 Å². The van der Waals surface area contributed by atoms with E-state index in [1.165, 1.54) is 31.7 Å². The molecular formula is C23H34O3. The molecule has 3 heteroatoms. The van der Waals surface area contributed by atoms with Crippen LogP contribution in [0.1, 0.15) is 90.2 Å². The minimum absolute atomic E-state index is 0.0847. The van der Waals surface area contributed by atoms with Crippen molar-refractivity contribution in [3.63, 3.8) is 0 Å². The van der Waals surface area contributed by atoms with Gasteiger partial charge < -0.3 is 9.47 Å². The predicted molar refractivity (Wildman–Crippen MR) is 105 cm³/mol. The Morgan fingerprint density at radius 1 is 1.35 bits per heavy atom. The standard InChI is InChI=1S/C23H34O3/c1-6-7-8-9-17-12-20(25-16(4)24)22-19-14-23(5,26-21(22)13-17)11-10-18(19)15(2)3/h12-13,15,18-19H,6-11,14H2,1-5H3/t18-,19?,23+/m0/s1. The summed E-state index contributed by atoms with van der Waals surface area (Å²) in [5, 5.41) is 0. The van der Waals surface area contributed by atoms with Crippen LogP contribution in [-0.2, 0) is 11.2 Å². The minimum Gasteiger partial charge on any atom is -0.487 e. The van der Waals surface area contributed by atoms with Crippen molar-refractivity contribution < 1.29 is 14.3 Å². The van der Waals surface area contributed by atoms with E-state index in [4.69, 9.17) is 9.47 Å². The molecule has 1 aliphatic carbocycles. The summed E-state index contributed by atoms with van der Waals surface area (Å²) in [6, 6.07) is 4.30. The maximum atomic E-state index is 11.8. The molecule has 0 spiro atoms. The Morgan fingerprint density at radius 3 is 2.77 bits per heavy atom. The number of fused-ring (bicyclic) bond motifs is 4. The number of esters is 1. The fourth-order valence-corrected chi connectivity index (χ4v) is 4.93. The zero-order chi connectivity index (χ0) is 18.9. The van der Waals surface area contributed by atoms with Crippen molar-refractivity contribution >= 4 is 5.97 Å². The second-order valence-corrected chi connectivity index (χ2v) is 8.87. The third-order valence-electron chi connectivity index (χ3n) is 6.25. The van der Waals surface area contributed by atoms with Gasteiger partial charge in [-0.05, 0) is 74.5 Å². The maximum Gasteiger partial charge on any atom is 0.308 e. The molecule has 0 aromatic heterocycles. The van der Waals surface area contributed by atoms with Crippen LogP contribution in [-0.4, -0.2) is 11.6 Å². The van der Waals surface area contributed by atoms with Crippen molar-refractivity contribution in [1.82, 2.24) is 0 Å². The van der Waals surface area contributed by atoms with Gasteiger partial charge in [0.15, 0.2) is 0 Å². The van der Waals surface area contributed by atoms with Crippen LogP contribution in [0.15, 0.2) is 12.1 Å². The van der Waals surface area contributed by atoms with E-state index < -0.39 is 0 Å². The molecule has 1 heterocycles. The van der Waals surface area contributed by atoms with Crippen LogP contribution in [0, 0.1) is 11.8 Å². The average Bonchev–Trinajstić information content (AvgIpc) is 2.53. The number of carbonyl (C=O) groups excluding carboxylic acids is 1. The molecule has 2 aliphatic rings. The molecule has 0 amide bonds. The van der Waals surface area contributed by atoms with Gasteiger partial charge in [0.2, 0.25) is 0 Å². The summed E-state index contributed by atoms with van der Waals surface area (Å²) in [4.78, 5) is 11.8. The van der Waals surface area contributed by atoms with Crippen LogP contribution in [0.4, 0.5) is 0 Å². The minimum atomic E-state index is -0.247. The molecule has 2 bridgehead atoms. The van der Waals surface area contributed by atoms with E-state index in [2.05, 4.69) is 39.8 Å². The van der Waals surface area contributed by atoms with Crippen LogP contribution >= 0.6 is 0 Å². The first-order valence-corrected chi connectivity index (χ1v) is 10.4. The van der Waals surface area contributed by atoms with E-state index in [0.717, 1.165) is 42.7 Å². The first-order chi connectivity index (χ1) is 12.3. The number of ether oxygens (including phenoxy) is 2. The van der Waals surface area contributed by atoms with E-state index >= 15 is 0 Å². The summed E-state index contributed by atoms with van der Waals surface area (Å²) in [5.74, 6) is 3.09. The molecule has 1 aliphatic heterocycles. The summed E-state index contributed by atoms with van der Waals surface area (Å²) < 4.78 is 12.2. The second kappa shape index (κ2) is 7.62. The van der Waals surface area contributed by atoms with Crippen LogP contribution in [0.25, 0.3) is 0 Å². The monoisotopic (exact) mass is 358 g/mol. The fraction of sp³-hybridized carbons (Fsp3) is 0.696. The molecule has 3 rings (SSSR count). The van der Waals surface area contributed by atoms with Gasteiger partial charge in [-0.1, -0.05) is 33.6 Å². The van der Waals surface area contributed by atoms with Gasteiger partial charge in [0.1, 0.15) is 17.1 Å². The maximum absolute atomic E-state index is 11.8. The van der Waals surface area contributed by atoms with Gasteiger partial charge in [-0.25, -0.2) is 0 Å². The van der Waals surface area contributed by atoms with Crippen LogP contribution in [0.2, 0.25) is 0 Å². The zero-order valence-electron chi connectivity index (χ0n) is 17.1. The van der Waals surface area contributed by atoms with Gasteiger partial charge >= 0.3 is 5.97 Å². The van der Waals surface area contributed by atoms with Crippen molar-refractivity contribution in [2.24, 2.45) is 11.8 Å². The van der Waals surface area contributed by atoms with E-state index in [1.54, 1.807) is 0 Å². The lowest BCUT2D eigenvalue weighted by molar-refractivity contribution is -0.132. The Bertz CT molecular complexity index is 664. The summed E-state index contributed by atoms with van der Waals surface area (Å²) in [6.45, 7) is 10.6. The summed E-state index contributed by atoms with van der Waals surface area (Å²) in [5.41, 5.74) is 2.27. The number of benzene rings is 1. The number of hydrogen-bond donors (Lipinski definition) is 0. The Hall–Kier alpha value is -1.51. The molecule has 3 atom stereocenters. The molecule has 1 saturated carbocycles. The fourth-order valence-electron chi connectivity index (χ4n) is 4.93. The lowest BCUT2D eigenvalue weighted by Crippen LogP contribution is -2.45. The molecular weight excluding hydrogens is 324 g/mol. The number of unbranched alkanes of at least 4 members (excludes halogenated alkanes) is 2. The highest BCUT2D eigenvalue weighted by Crippen LogP contribution is 2.56. The summed E-state index contributed by atoms with van der Waals surface area (Å²) >= 11 is 0. The highest BCUT2D eigenvalue weighted by atomic mass is 16.5. The highest BCUT2D eigenvalue weighted by molar-refractivity contribution is 5.71. The molecule has 1 unspecified atom stereocenters. The van der Waals surface area contributed by atoms with E-state index in [1.807, 2.05) is 0 Å². The van der Waals surface area contributed by atoms with Crippen molar-refractivity contribution in [2.75, 3.05) is 0 Å². The second-order valence-electron chi connectivity index (χ2n) is 8.87. The first kappa shape index (κ1) is 19.3. The number of rotatable bonds is 6. The van der Waals surface area contributed by atoms with Crippen molar-refractivity contribution in [2.45, 2.75) is 91.1 Å². The molecule has 0 saturated heterocycles. The van der Waals surface area contributed by atoms with Gasteiger partial charge in [-0.3, -0.25) is 4.79 Å². The Balaban J connectivity index is 2.03. The molecule has 0 radical (unpaired) electrons. The van der Waals surface area contributed by atoms with Crippen molar-refractivity contribution in [3.05, 3.63) is 23.3 Å².